The predicted octanol–water partition coefficient (Wildman–Crippen LogP) is 5.61. The van der Waals surface area contributed by atoms with Crippen molar-refractivity contribution >= 4 is 39.6 Å². The molecule has 1 aliphatic heterocycles. The highest BCUT2D eigenvalue weighted by Gasteiger charge is 2.48. The first-order valence-corrected chi connectivity index (χ1v) is 13.2. The number of amides is 1. The van der Waals surface area contributed by atoms with E-state index in [1.165, 1.54) is 16.2 Å². The molecule has 2 aromatic carbocycles. The van der Waals surface area contributed by atoms with Crippen LogP contribution in [0.3, 0.4) is 0 Å². The van der Waals surface area contributed by atoms with Gasteiger partial charge >= 0.3 is 5.91 Å². The highest BCUT2D eigenvalue weighted by molar-refractivity contribution is 7.14. The van der Waals surface area contributed by atoms with Crippen molar-refractivity contribution in [3.8, 4) is 5.75 Å². The van der Waals surface area contributed by atoms with Crippen molar-refractivity contribution in [1.29, 1.82) is 0 Å². The van der Waals surface area contributed by atoms with Crippen LogP contribution in [-0.4, -0.2) is 31.2 Å². The van der Waals surface area contributed by atoms with Crippen molar-refractivity contribution in [3.05, 3.63) is 118 Å². The third kappa shape index (κ3) is 4.26. The number of hydrogen-bond acceptors (Lipinski definition) is 7. The number of aromatic nitrogens is 3. The molecular weight excluding hydrogens is 512 g/mol. The molecule has 5 aromatic rings. The highest BCUT2D eigenvalue weighted by atomic mass is 32.1. The zero-order valence-electron chi connectivity index (χ0n) is 21.2. The SMILES string of the molecule is Cc1cccn2c(C)c(/C(O)=C3\C(=O)C(=O)N(c4nccs4)C3c3ccc(OCc4ccccc4)cc3)nc12. The third-order valence-corrected chi connectivity index (χ3v) is 7.59. The van der Waals surface area contributed by atoms with Gasteiger partial charge in [-0.2, -0.15) is 0 Å². The van der Waals surface area contributed by atoms with E-state index in [0.717, 1.165) is 11.1 Å². The lowest BCUT2D eigenvalue weighted by Crippen LogP contribution is -2.29. The van der Waals surface area contributed by atoms with Gasteiger partial charge < -0.3 is 14.2 Å². The number of rotatable bonds is 6. The zero-order chi connectivity index (χ0) is 27.1. The summed E-state index contributed by atoms with van der Waals surface area (Å²) in [5.74, 6) is -1.22. The minimum Gasteiger partial charge on any atom is -0.505 e. The molecule has 1 amide bonds. The number of ether oxygens (including phenoxy) is 1. The number of carbonyl (C=O) groups is 2. The fraction of sp³-hybridized carbons (Fsp3) is 0.133. The largest absolute Gasteiger partial charge is 0.505 e. The Kier molecular flexibility index (Phi) is 6.20. The maximum Gasteiger partial charge on any atom is 0.301 e. The van der Waals surface area contributed by atoms with E-state index < -0.39 is 17.7 Å². The van der Waals surface area contributed by atoms with Crippen LogP contribution in [0.5, 0.6) is 5.75 Å². The van der Waals surface area contributed by atoms with Gasteiger partial charge in [-0.05, 0) is 48.7 Å². The van der Waals surface area contributed by atoms with E-state index in [1.54, 1.807) is 35.8 Å². The van der Waals surface area contributed by atoms with Crippen LogP contribution < -0.4 is 9.64 Å². The maximum atomic E-state index is 13.4. The lowest BCUT2D eigenvalue weighted by atomic mass is 9.96. The maximum absolute atomic E-state index is 13.4. The second-order valence-corrected chi connectivity index (χ2v) is 10.1. The van der Waals surface area contributed by atoms with Crippen molar-refractivity contribution in [2.75, 3.05) is 4.90 Å². The lowest BCUT2D eigenvalue weighted by Gasteiger charge is -2.23. The third-order valence-electron chi connectivity index (χ3n) is 6.82. The van der Waals surface area contributed by atoms with Crippen molar-refractivity contribution in [2.45, 2.75) is 26.5 Å². The first kappa shape index (κ1) is 24.6. The normalized spacial score (nSPS) is 16.8. The van der Waals surface area contributed by atoms with Gasteiger partial charge in [0, 0.05) is 17.8 Å². The molecule has 0 spiro atoms. The van der Waals surface area contributed by atoms with Crippen LogP contribution in [0.25, 0.3) is 11.4 Å². The Hall–Kier alpha value is -4.76. The first-order valence-electron chi connectivity index (χ1n) is 12.4. The Morgan fingerprint density at radius 2 is 1.79 bits per heavy atom. The fourth-order valence-corrected chi connectivity index (χ4v) is 5.51. The second kappa shape index (κ2) is 9.85. The van der Waals surface area contributed by atoms with E-state index in [9.17, 15) is 14.7 Å². The highest BCUT2D eigenvalue weighted by Crippen LogP contribution is 2.43. The van der Waals surface area contributed by atoms with E-state index in [4.69, 9.17) is 4.74 Å². The Balaban J connectivity index is 1.44. The number of benzene rings is 2. The van der Waals surface area contributed by atoms with Gasteiger partial charge in [-0.25, -0.2) is 9.97 Å². The minimum absolute atomic E-state index is 0.0303. The molecule has 3 aromatic heterocycles. The average molecular weight is 537 g/mol. The van der Waals surface area contributed by atoms with Crippen molar-refractivity contribution in [2.24, 2.45) is 0 Å². The number of aliphatic hydroxyl groups excluding tert-OH is 1. The molecule has 0 saturated carbocycles. The molecule has 1 atom stereocenters. The van der Waals surface area contributed by atoms with Gasteiger partial charge in [0.25, 0.3) is 5.78 Å². The summed E-state index contributed by atoms with van der Waals surface area (Å²) in [6.45, 7) is 4.15. The van der Waals surface area contributed by atoms with Gasteiger partial charge in [0.1, 0.15) is 23.7 Å². The Morgan fingerprint density at radius 3 is 2.49 bits per heavy atom. The molecule has 0 aliphatic carbocycles. The molecule has 1 unspecified atom stereocenters. The van der Waals surface area contributed by atoms with E-state index >= 15 is 0 Å². The van der Waals surface area contributed by atoms with Crippen LogP contribution in [0.1, 0.15) is 34.1 Å². The van der Waals surface area contributed by atoms with E-state index in [2.05, 4.69) is 9.97 Å². The quantitative estimate of drug-likeness (QED) is 0.172. The summed E-state index contributed by atoms with van der Waals surface area (Å²) in [7, 11) is 0. The molecular formula is C30H24N4O4S. The molecule has 9 heteroatoms. The van der Waals surface area contributed by atoms with Gasteiger partial charge in [0.15, 0.2) is 10.9 Å². The van der Waals surface area contributed by atoms with E-state index in [-0.39, 0.29) is 17.0 Å². The number of Topliss-reactive ketones (excluding diaryl/α,β-unsaturated/α-hetero) is 1. The van der Waals surface area contributed by atoms with Gasteiger partial charge in [-0.1, -0.05) is 48.5 Å². The summed E-state index contributed by atoms with van der Waals surface area (Å²) in [5.41, 5.74) is 4.15. The smallest absolute Gasteiger partial charge is 0.301 e. The van der Waals surface area contributed by atoms with Crippen LogP contribution >= 0.6 is 11.3 Å². The number of nitrogens with zero attached hydrogens (tertiary/aromatic N) is 4. The molecule has 0 bridgehead atoms. The fourth-order valence-electron chi connectivity index (χ4n) is 4.84. The minimum atomic E-state index is -0.885. The first-order chi connectivity index (χ1) is 18.9. The van der Waals surface area contributed by atoms with Crippen LogP contribution in [0.2, 0.25) is 0 Å². The van der Waals surface area contributed by atoms with Crippen LogP contribution in [0.15, 0.2) is 90.1 Å². The molecule has 39 heavy (non-hydrogen) atoms. The Bertz CT molecular complexity index is 1720. The summed E-state index contributed by atoms with van der Waals surface area (Å²) in [6, 6.07) is 19.9. The topological polar surface area (TPSA) is 97.0 Å². The number of aryl methyl sites for hydroxylation is 2. The number of pyridine rings is 1. The van der Waals surface area contributed by atoms with Gasteiger partial charge in [0.2, 0.25) is 0 Å². The number of thiazole rings is 1. The number of aliphatic hydroxyl groups is 1. The van der Waals surface area contributed by atoms with Crippen LogP contribution in [-0.2, 0) is 16.2 Å². The van der Waals surface area contributed by atoms with Crippen molar-refractivity contribution in [1.82, 2.24) is 14.4 Å². The monoisotopic (exact) mass is 536 g/mol. The van der Waals surface area contributed by atoms with Gasteiger partial charge in [-0.15, -0.1) is 11.3 Å². The molecule has 1 N–H and O–H groups in total. The molecule has 6 rings (SSSR count). The number of hydrogen-bond donors (Lipinski definition) is 1. The number of fused-ring (bicyclic) bond motifs is 1. The van der Waals surface area contributed by atoms with Crippen molar-refractivity contribution in [3.63, 3.8) is 0 Å². The zero-order valence-corrected chi connectivity index (χ0v) is 22.1. The summed E-state index contributed by atoms with van der Waals surface area (Å²) in [6.07, 6.45) is 3.42. The standard InChI is InChI=1S/C30H24N4O4S/c1-18-7-6-15-33-19(2)24(32-28(18)33)26(35)23-25(34(29(37)27(23)36)30-31-14-16-39-30)21-10-12-22(13-11-21)38-17-20-8-4-3-5-9-20/h3-16,25,35H,17H2,1-2H3/b26-23+. The second-order valence-electron chi connectivity index (χ2n) is 9.26. The molecule has 8 nitrogen and oxygen atoms in total. The number of imidazole rings is 1. The average Bonchev–Trinajstić information content (AvgIpc) is 3.67. The number of carbonyl (C=O) groups excluding carboxylic acids is 2. The Morgan fingerprint density at radius 1 is 1.03 bits per heavy atom. The lowest BCUT2D eigenvalue weighted by molar-refractivity contribution is -0.132. The number of ketones is 1. The van der Waals surface area contributed by atoms with E-state index in [0.29, 0.717) is 34.4 Å². The molecule has 4 heterocycles. The summed E-state index contributed by atoms with van der Waals surface area (Å²) >= 11 is 1.24. The summed E-state index contributed by atoms with van der Waals surface area (Å²) in [4.78, 5) is 37.0. The molecule has 1 aliphatic rings. The van der Waals surface area contributed by atoms with Crippen LogP contribution in [0, 0.1) is 13.8 Å². The molecule has 194 valence electrons. The number of anilines is 1. The molecule has 1 fully saturated rings. The molecule has 0 radical (unpaired) electrons. The molecule has 1 saturated heterocycles. The summed E-state index contributed by atoms with van der Waals surface area (Å²) < 4.78 is 7.78. The Labute approximate surface area is 228 Å². The van der Waals surface area contributed by atoms with Crippen molar-refractivity contribution < 1.29 is 19.4 Å². The van der Waals surface area contributed by atoms with Crippen LogP contribution in [0.4, 0.5) is 5.13 Å². The van der Waals surface area contributed by atoms with Gasteiger partial charge in [-0.3, -0.25) is 14.5 Å². The van der Waals surface area contributed by atoms with Gasteiger partial charge in [0.05, 0.1) is 17.3 Å². The van der Waals surface area contributed by atoms with E-state index in [1.807, 2.05) is 66.9 Å². The predicted molar refractivity (Wildman–Crippen MR) is 149 cm³/mol. The summed E-state index contributed by atoms with van der Waals surface area (Å²) in [5, 5.41) is 13.7.